The maximum Gasteiger partial charge on any atom is 0.272 e. The molecule has 0 radical (unpaired) electrons. The zero-order valence-corrected chi connectivity index (χ0v) is 16.0. The van der Waals surface area contributed by atoms with Crippen LogP contribution in [0.3, 0.4) is 0 Å². The third-order valence-corrected chi connectivity index (χ3v) is 6.11. The third kappa shape index (κ3) is 2.32. The minimum atomic E-state index is -0.316. The summed E-state index contributed by atoms with van der Waals surface area (Å²) < 4.78 is 0. The highest BCUT2D eigenvalue weighted by Crippen LogP contribution is 2.46. The molecule has 1 aliphatic rings. The van der Waals surface area contributed by atoms with Gasteiger partial charge in [-0.2, -0.15) is 5.10 Å². The van der Waals surface area contributed by atoms with E-state index >= 15 is 0 Å². The Morgan fingerprint density at radius 1 is 1.10 bits per heavy atom. The average Bonchev–Trinajstić information content (AvgIpc) is 3.45. The summed E-state index contributed by atoms with van der Waals surface area (Å²) in [5, 5.41) is 10.3. The number of aromatic nitrogens is 4. The van der Waals surface area contributed by atoms with Crippen LogP contribution in [0.2, 0.25) is 5.02 Å². The molecule has 29 heavy (non-hydrogen) atoms. The van der Waals surface area contributed by atoms with Crippen LogP contribution in [0, 0.1) is 0 Å². The van der Waals surface area contributed by atoms with Gasteiger partial charge in [-0.05, 0) is 54.2 Å². The Hall–Kier alpha value is -3.38. The molecule has 5 aromatic rings. The van der Waals surface area contributed by atoms with Crippen molar-refractivity contribution in [1.82, 2.24) is 20.2 Å². The van der Waals surface area contributed by atoms with Gasteiger partial charge in [-0.1, -0.05) is 17.7 Å². The van der Waals surface area contributed by atoms with Crippen LogP contribution in [-0.4, -0.2) is 20.2 Å². The summed E-state index contributed by atoms with van der Waals surface area (Å²) >= 11 is 6.32. The van der Waals surface area contributed by atoms with Crippen LogP contribution < -0.4 is 11.3 Å². The number of nitrogens with one attached hydrogen (secondary N) is 2. The van der Waals surface area contributed by atoms with E-state index < -0.39 is 0 Å². The maximum atomic E-state index is 12.8. The van der Waals surface area contributed by atoms with Gasteiger partial charge >= 0.3 is 0 Å². The fourth-order valence-electron chi connectivity index (χ4n) is 4.27. The van der Waals surface area contributed by atoms with Crippen molar-refractivity contribution in [2.75, 3.05) is 5.73 Å². The molecule has 2 aromatic carbocycles. The van der Waals surface area contributed by atoms with E-state index in [1.807, 2.05) is 18.2 Å². The zero-order valence-electron chi connectivity index (χ0n) is 15.3. The van der Waals surface area contributed by atoms with E-state index in [1.54, 1.807) is 18.5 Å². The van der Waals surface area contributed by atoms with Crippen molar-refractivity contribution in [3.8, 4) is 11.1 Å². The number of rotatable bonds is 2. The first-order valence-electron chi connectivity index (χ1n) is 9.48. The van der Waals surface area contributed by atoms with E-state index in [4.69, 9.17) is 17.3 Å². The summed E-state index contributed by atoms with van der Waals surface area (Å²) in [4.78, 5) is 20.4. The van der Waals surface area contributed by atoms with E-state index in [1.165, 1.54) is 5.56 Å². The van der Waals surface area contributed by atoms with Gasteiger partial charge in [0, 0.05) is 27.9 Å². The Balaban J connectivity index is 1.83. The molecule has 0 saturated heterocycles. The van der Waals surface area contributed by atoms with Gasteiger partial charge in [-0.25, -0.2) is 0 Å². The van der Waals surface area contributed by atoms with Gasteiger partial charge in [-0.3, -0.25) is 14.9 Å². The van der Waals surface area contributed by atoms with Crippen LogP contribution in [-0.2, 0) is 0 Å². The van der Waals surface area contributed by atoms with Crippen LogP contribution >= 0.6 is 11.6 Å². The van der Waals surface area contributed by atoms with E-state index in [0.29, 0.717) is 16.5 Å². The molecule has 1 saturated carbocycles. The van der Waals surface area contributed by atoms with Gasteiger partial charge in [0.1, 0.15) is 5.69 Å². The van der Waals surface area contributed by atoms with Crippen molar-refractivity contribution in [3.63, 3.8) is 0 Å². The maximum absolute atomic E-state index is 12.8. The molecule has 1 fully saturated rings. The lowest BCUT2D eigenvalue weighted by atomic mass is 9.93. The van der Waals surface area contributed by atoms with Crippen molar-refractivity contribution < 1.29 is 0 Å². The number of aromatic amines is 2. The molecule has 7 heteroatoms. The van der Waals surface area contributed by atoms with E-state index in [-0.39, 0.29) is 11.2 Å². The first-order valence-corrected chi connectivity index (χ1v) is 9.86. The summed E-state index contributed by atoms with van der Waals surface area (Å²) in [6.45, 7) is 0. The number of nitrogen functional groups attached to an aromatic ring is 1. The number of hydrogen-bond donors (Lipinski definition) is 3. The highest BCUT2D eigenvalue weighted by atomic mass is 35.5. The smallest absolute Gasteiger partial charge is 0.272 e. The van der Waals surface area contributed by atoms with Crippen molar-refractivity contribution in [2.45, 2.75) is 18.8 Å². The molecule has 0 amide bonds. The number of fused-ring (bicyclic) bond motifs is 4. The lowest BCUT2D eigenvalue weighted by Gasteiger charge is -2.15. The van der Waals surface area contributed by atoms with Crippen LogP contribution in [0.1, 0.15) is 24.3 Å². The Bertz CT molecular complexity index is 1510. The lowest BCUT2D eigenvalue weighted by Crippen LogP contribution is -2.14. The number of nitrogens with two attached hydrogens (primary N) is 1. The average molecular weight is 402 g/mol. The number of H-pyrrole nitrogens is 2. The Morgan fingerprint density at radius 3 is 2.79 bits per heavy atom. The first-order chi connectivity index (χ1) is 14.1. The molecule has 3 aromatic heterocycles. The number of pyridine rings is 2. The number of hydrogen-bond acceptors (Lipinski definition) is 4. The van der Waals surface area contributed by atoms with E-state index in [0.717, 1.165) is 51.1 Å². The van der Waals surface area contributed by atoms with Crippen molar-refractivity contribution in [1.29, 1.82) is 0 Å². The van der Waals surface area contributed by atoms with Crippen molar-refractivity contribution >= 4 is 50.0 Å². The lowest BCUT2D eigenvalue weighted by molar-refractivity contribution is 1.12. The van der Waals surface area contributed by atoms with Gasteiger partial charge < -0.3 is 10.7 Å². The highest BCUT2D eigenvalue weighted by Gasteiger charge is 2.28. The predicted octanol–water partition coefficient (Wildman–Crippen LogP) is 4.73. The molecular formula is C22H16ClN5O. The van der Waals surface area contributed by atoms with Gasteiger partial charge in [0.25, 0.3) is 5.56 Å². The minimum absolute atomic E-state index is 0.187. The summed E-state index contributed by atoms with van der Waals surface area (Å²) in [7, 11) is 0. The number of benzene rings is 2. The van der Waals surface area contributed by atoms with Gasteiger partial charge in [0.15, 0.2) is 0 Å². The molecule has 0 atom stereocenters. The summed E-state index contributed by atoms with van der Waals surface area (Å²) in [6.07, 6.45) is 5.81. The third-order valence-electron chi connectivity index (χ3n) is 5.79. The van der Waals surface area contributed by atoms with Crippen LogP contribution in [0.25, 0.3) is 43.8 Å². The quantitative estimate of drug-likeness (QED) is 0.372. The predicted molar refractivity (Wildman–Crippen MR) is 116 cm³/mol. The zero-order chi connectivity index (χ0) is 19.7. The van der Waals surface area contributed by atoms with E-state index in [9.17, 15) is 4.79 Å². The Labute approximate surface area is 169 Å². The summed E-state index contributed by atoms with van der Waals surface area (Å²) in [6, 6.07) is 9.74. The molecule has 6 nitrogen and oxygen atoms in total. The van der Waals surface area contributed by atoms with Crippen LogP contribution in [0.15, 0.2) is 47.5 Å². The number of halogens is 1. The van der Waals surface area contributed by atoms with Gasteiger partial charge in [0.2, 0.25) is 0 Å². The second-order valence-electron chi connectivity index (χ2n) is 7.56. The molecule has 0 aliphatic heterocycles. The second kappa shape index (κ2) is 5.81. The molecule has 0 unspecified atom stereocenters. The van der Waals surface area contributed by atoms with Crippen molar-refractivity contribution in [3.05, 3.63) is 63.7 Å². The number of anilines is 1. The molecule has 142 valence electrons. The molecule has 0 spiro atoms. The SMILES string of the molecule is Nc1c(-c2ccc(Cl)c3[nH]ncc23)c2cc(C3CC3)c3ncccc3c2[nH]c1=O. The topological polar surface area (TPSA) is 100 Å². The Morgan fingerprint density at radius 2 is 1.97 bits per heavy atom. The molecule has 3 heterocycles. The highest BCUT2D eigenvalue weighted by molar-refractivity contribution is 6.35. The summed E-state index contributed by atoms with van der Waals surface area (Å²) in [5.41, 5.74) is 11.4. The fraction of sp³-hybridized carbons (Fsp3) is 0.136. The van der Waals surface area contributed by atoms with Gasteiger partial charge in [0.05, 0.1) is 27.8 Å². The molecule has 4 N–H and O–H groups in total. The monoisotopic (exact) mass is 401 g/mol. The molecule has 0 bridgehead atoms. The number of nitrogens with zero attached hydrogens (tertiary/aromatic N) is 2. The minimum Gasteiger partial charge on any atom is -0.394 e. The molecule has 6 rings (SSSR count). The molecular weight excluding hydrogens is 386 g/mol. The summed E-state index contributed by atoms with van der Waals surface area (Å²) in [5.74, 6) is 0.497. The van der Waals surface area contributed by atoms with Crippen LogP contribution in [0.4, 0.5) is 5.69 Å². The van der Waals surface area contributed by atoms with E-state index in [2.05, 4.69) is 26.2 Å². The Kier molecular flexibility index (Phi) is 3.32. The fourth-order valence-corrected chi connectivity index (χ4v) is 4.47. The largest absolute Gasteiger partial charge is 0.394 e. The first kappa shape index (κ1) is 16.6. The van der Waals surface area contributed by atoms with Gasteiger partial charge in [-0.15, -0.1) is 0 Å². The standard InChI is InChI=1S/C22H16ClN5O/c23-16-6-5-11(15-9-26-28-21(15)16)17-14-8-13(10-3-4-10)19-12(2-1-7-25-19)20(14)27-22(29)18(17)24/h1-2,5-10H,3-4,24H2,(H,26,28)(H,27,29). The second-order valence-corrected chi connectivity index (χ2v) is 7.97. The van der Waals surface area contributed by atoms with Crippen LogP contribution in [0.5, 0.6) is 0 Å². The normalized spacial score (nSPS) is 14.2. The van der Waals surface area contributed by atoms with Crippen molar-refractivity contribution in [2.24, 2.45) is 0 Å². The molecule has 1 aliphatic carbocycles.